The molecule has 3 rings (SSSR count). The molecule has 7 nitrogen and oxygen atoms in total. The second-order valence-corrected chi connectivity index (χ2v) is 6.77. The van der Waals surface area contributed by atoms with E-state index in [1.54, 1.807) is 24.7 Å². The number of nitrogens with zero attached hydrogens (tertiary/aromatic N) is 4. The molecule has 3 heterocycles. The summed E-state index contributed by atoms with van der Waals surface area (Å²) in [6, 6.07) is 1.58. The lowest BCUT2D eigenvalue weighted by molar-refractivity contribution is 0.393. The van der Waals surface area contributed by atoms with Crippen LogP contribution in [-0.4, -0.2) is 45.7 Å². The number of hydrogen-bond acceptors (Lipinski definition) is 5. The molecule has 0 unspecified atom stereocenters. The molecule has 1 fully saturated rings. The van der Waals surface area contributed by atoms with Gasteiger partial charge >= 0.3 is 0 Å². The van der Waals surface area contributed by atoms with E-state index in [9.17, 15) is 8.42 Å². The van der Waals surface area contributed by atoms with Gasteiger partial charge < -0.3 is 0 Å². The third-order valence-electron chi connectivity index (χ3n) is 3.40. The molecule has 0 radical (unpaired) electrons. The third-order valence-corrected chi connectivity index (χ3v) is 4.69. The van der Waals surface area contributed by atoms with Crippen LogP contribution in [0.15, 0.2) is 24.7 Å². The summed E-state index contributed by atoms with van der Waals surface area (Å²) in [6.45, 7) is 0.541. The minimum Gasteiger partial charge on any atom is -0.276 e. The van der Waals surface area contributed by atoms with Crippen molar-refractivity contribution in [1.29, 1.82) is 0 Å². The van der Waals surface area contributed by atoms with Gasteiger partial charge in [0.1, 0.15) is 5.69 Å². The third kappa shape index (κ3) is 2.44. The molecule has 106 valence electrons. The average Bonchev–Trinajstić information content (AvgIpc) is 3.10. The van der Waals surface area contributed by atoms with Crippen molar-refractivity contribution < 1.29 is 8.42 Å². The van der Waals surface area contributed by atoms with E-state index in [0.29, 0.717) is 17.9 Å². The Labute approximate surface area is 117 Å². The van der Waals surface area contributed by atoms with Gasteiger partial charge in [-0.15, -0.1) is 0 Å². The molecule has 1 aliphatic heterocycles. The molecule has 0 bridgehead atoms. The molecule has 8 heteroatoms. The normalized spacial score (nSPS) is 20.4. The van der Waals surface area contributed by atoms with Crippen molar-refractivity contribution >= 4 is 10.0 Å². The van der Waals surface area contributed by atoms with Crippen LogP contribution in [0.4, 0.5) is 0 Å². The van der Waals surface area contributed by atoms with Crippen LogP contribution in [0.5, 0.6) is 0 Å². The molecule has 2 aromatic heterocycles. The summed E-state index contributed by atoms with van der Waals surface area (Å²) in [7, 11) is -3.22. The zero-order valence-electron chi connectivity index (χ0n) is 11.0. The first-order valence-electron chi connectivity index (χ1n) is 6.34. The molecule has 0 amide bonds. The number of nitrogens with one attached hydrogen (secondary N) is 1. The highest BCUT2D eigenvalue weighted by atomic mass is 32.2. The fourth-order valence-electron chi connectivity index (χ4n) is 2.50. The van der Waals surface area contributed by atoms with Crippen LogP contribution in [-0.2, 0) is 10.0 Å². The molecule has 0 aromatic carbocycles. The Hall–Kier alpha value is -1.80. The lowest BCUT2D eigenvalue weighted by Crippen LogP contribution is -2.30. The van der Waals surface area contributed by atoms with Gasteiger partial charge in [0.15, 0.2) is 0 Å². The Morgan fingerprint density at radius 1 is 1.40 bits per heavy atom. The van der Waals surface area contributed by atoms with Crippen LogP contribution in [0.2, 0.25) is 0 Å². The van der Waals surface area contributed by atoms with Gasteiger partial charge in [0.25, 0.3) is 0 Å². The van der Waals surface area contributed by atoms with Crippen LogP contribution in [0, 0.1) is 0 Å². The Morgan fingerprint density at radius 3 is 2.95 bits per heavy atom. The summed E-state index contributed by atoms with van der Waals surface area (Å²) in [5.41, 5.74) is 2.11. The molecule has 1 atom stereocenters. The molecule has 1 N–H and O–H groups in total. The number of aromatic amines is 1. The van der Waals surface area contributed by atoms with E-state index in [0.717, 1.165) is 18.5 Å². The van der Waals surface area contributed by atoms with Crippen LogP contribution in [0.25, 0.3) is 11.4 Å². The first-order chi connectivity index (χ1) is 9.55. The van der Waals surface area contributed by atoms with Crippen molar-refractivity contribution in [3.8, 4) is 11.4 Å². The second kappa shape index (κ2) is 4.95. The summed E-state index contributed by atoms with van der Waals surface area (Å²) >= 11 is 0. The van der Waals surface area contributed by atoms with Gasteiger partial charge in [0.05, 0.1) is 36.1 Å². The standard InChI is InChI=1S/C12H15N5O2S/c1-20(18,19)17-6-2-3-12(17)11-8-13-7-10(15-11)9-4-5-14-16-9/h4-5,7-8,12H,2-3,6H2,1H3,(H,14,16)/t12-/m1/s1. The van der Waals surface area contributed by atoms with Gasteiger partial charge in [-0.2, -0.15) is 9.40 Å². The lowest BCUT2D eigenvalue weighted by atomic mass is 10.1. The minimum atomic E-state index is -3.22. The van der Waals surface area contributed by atoms with Gasteiger partial charge in [-0.25, -0.2) is 13.4 Å². The van der Waals surface area contributed by atoms with Crippen LogP contribution >= 0.6 is 0 Å². The predicted molar refractivity (Wildman–Crippen MR) is 73.1 cm³/mol. The maximum Gasteiger partial charge on any atom is 0.211 e. The number of aromatic nitrogens is 4. The molecular weight excluding hydrogens is 278 g/mol. The Kier molecular flexibility index (Phi) is 3.27. The van der Waals surface area contributed by atoms with Gasteiger partial charge in [0.2, 0.25) is 10.0 Å². The molecule has 20 heavy (non-hydrogen) atoms. The van der Waals surface area contributed by atoms with E-state index in [4.69, 9.17) is 0 Å². The smallest absolute Gasteiger partial charge is 0.211 e. The first kappa shape index (κ1) is 13.2. The summed E-state index contributed by atoms with van der Waals surface area (Å²) in [5, 5.41) is 6.71. The van der Waals surface area contributed by atoms with Crippen LogP contribution in [0.1, 0.15) is 24.6 Å². The van der Waals surface area contributed by atoms with Crippen LogP contribution in [0.3, 0.4) is 0 Å². The van der Waals surface area contributed by atoms with Crippen molar-refractivity contribution in [1.82, 2.24) is 24.5 Å². The van der Waals surface area contributed by atoms with E-state index in [-0.39, 0.29) is 6.04 Å². The SMILES string of the molecule is CS(=O)(=O)N1CCC[C@@H]1c1cncc(-c2ccn[nH]2)n1. The molecule has 0 aliphatic carbocycles. The van der Waals surface area contributed by atoms with Gasteiger partial charge in [-0.3, -0.25) is 10.1 Å². The monoisotopic (exact) mass is 293 g/mol. The van der Waals surface area contributed by atoms with E-state index >= 15 is 0 Å². The average molecular weight is 293 g/mol. The number of rotatable bonds is 3. The zero-order chi connectivity index (χ0) is 14.2. The molecule has 1 saturated heterocycles. The summed E-state index contributed by atoms with van der Waals surface area (Å²) < 4.78 is 25.1. The maximum atomic E-state index is 11.8. The maximum absolute atomic E-state index is 11.8. The fourth-order valence-corrected chi connectivity index (χ4v) is 3.64. The first-order valence-corrected chi connectivity index (χ1v) is 8.19. The van der Waals surface area contributed by atoms with Gasteiger partial charge in [-0.1, -0.05) is 0 Å². The lowest BCUT2D eigenvalue weighted by Gasteiger charge is -2.21. The van der Waals surface area contributed by atoms with E-state index in [1.165, 1.54) is 10.6 Å². The zero-order valence-corrected chi connectivity index (χ0v) is 11.8. The highest BCUT2D eigenvalue weighted by molar-refractivity contribution is 7.88. The fraction of sp³-hybridized carbons (Fsp3) is 0.417. The summed E-state index contributed by atoms with van der Waals surface area (Å²) in [5.74, 6) is 0. The van der Waals surface area contributed by atoms with Gasteiger partial charge in [-0.05, 0) is 18.9 Å². The van der Waals surface area contributed by atoms with Crippen molar-refractivity contribution in [2.24, 2.45) is 0 Å². The Morgan fingerprint density at radius 2 is 2.25 bits per heavy atom. The second-order valence-electron chi connectivity index (χ2n) is 4.83. The topological polar surface area (TPSA) is 91.8 Å². The molecule has 0 spiro atoms. The Balaban J connectivity index is 1.97. The van der Waals surface area contributed by atoms with Crippen molar-refractivity contribution in [3.05, 3.63) is 30.4 Å². The molecule has 1 aliphatic rings. The van der Waals surface area contributed by atoms with Crippen molar-refractivity contribution in [2.45, 2.75) is 18.9 Å². The Bertz CT molecular complexity index is 698. The summed E-state index contributed by atoms with van der Waals surface area (Å²) in [6.07, 6.45) is 7.76. The van der Waals surface area contributed by atoms with E-state index < -0.39 is 10.0 Å². The number of H-pyrrole nitrogens is 1. The summed E-state index contributed by atoms with van der Waals surface area (Å²) in [4.78, 5) is 8.69. The largest absolute Gasteiger partial charge is 0.276 e. The van der Waals surface area contributed by atoms with E-state index in [2.05, 4.69) is 20.2 Å². The number of hydrogen-bond donors (Lipinski definition) is 1. The highest BCUT2D eigenvalue weighted by Gasteiger charge is 2.33. The molecular formula is C12H15N5O2S. The number of sulfonamides is 1. The van der Waals surface area contributed by atoms with Crippen molar-refractivity contribution in [3.63, 3.8) is 0 Å². The van der Waals surface area contributed by atoms with Crippen LogP contribution < -0.4 is 0 Å². The molecule has 0 saturated carbocycles. The minimum absolute atomic E-state index is 0.222. The quantitative estimate of drug-likeness (QED) is 0.910. The predicted octanol–water partition coefficient (Wildman–Crippen LogP) is 0.963. The highest BCUT2D eigenvalue weighted by Crippen LogP contribution is 2.33. The van der Waals surface area contributed by atoms with Gasteiger partial charge in [0, 0.05) is 12.7 Å². The molecule has 2 aromatic rings. The van der Waals surface area contributed by atoms with Crippen molar-refractivity contribution in [2.75, 3.05) is 12.8 Å². The van der Waals surface area contributed by atoms with E-state index in [1.807, 2.05) is 0 Å².